The van der Waals surface area contributed by atoms with Gasteiger partial charge in [-0.15, -0.1) is 0 Å². The first-order valence-corrected chi connectivity index (χ1v) is 38.8. The number of rotatable bonds is 73. The average Bonchev–Trinajstić information content (AvgIpc) is 3.51. The van der Waals surface area contributed by atoms with E-state index in [0.29, 0.717) is 19.4 Å². The van der Waals surface area contributed by atoms with Crippen LogP contribution in [0.25, 0.3) is 0 Å². The summed E-state index contributed by atoms with van der Waals surface area (Å²) < 4.78 is 5.49. The van der Waals surface area contributed by atoms with Crippen molar-refractivity contribution in [1.82, 2.24) is 5.32 Å². The first-order chi connectivity index (χ1) is 42.0. The third-order valence-electron chi connectivity index (χ3n) is 18.2. The summed E-state index contributed by atoms with van der Waals surface area (Å²) >= 11 is 0. The van der Waals surface area contributed by atoms with Crippen LogP contribution in [0.15, 0.2) is 36.5 Å². The van der Waals surface area contributed by atoms with Gasteiger partial charge in [0.05, 0.1) is 25.4 Å². The van der Waals surface area contributed by atoms with E-state index in [1.165, 1.54) is 353 Å². The molecule has 2 atom stereocenters. The molecule has 0 spiro atoms. The van der Waals surface area contributed by atoms with E-state index in [-0.39, 0.29) is 18.5 Å². The molecule has 0 heterocycles. The third kappa shape index (κ3) is 71.0. The van der Waals surface area contributed by atoms with E-state index < -0.39 is 12.1 Å². The van der Waals surface area contributed by atoms with Crippen molar-refractivity contribution < 1.29 is 24.5 Å². The number of aliphatic hydroxyl groups excluding tert-OH is 2. The minimum absolute atomic E-state index is 0.00640. The number of carbonyl (C=O) groups excluding carboxylic acids is 2. The van der Waals surface area contributed by atoms with Gasteiger partial charge in [-0.3, -0.25) is 9.59 Å². The lowest BCUT2D eigenvalue weighted by Gasteiger charge is -2.20. The van der Waals surface area contributed by atoms with Crippen molar-refractivity contribution in [3.8, 4) is 0 Å². The van der Waals surface area contributed by atoms with E-state index in [4.69, 9.17) is 4.74 Å². The smallest absolute Gasteiger partial charge is 0.305 e. The van der Waals surface area contributed by atoms with Gasteiger partial charge in [0.15, 0.2) is 0 Å². The molecule has 0 saturated carbocycles. The minimum Gasteiger partial charge on any atom is -0.466 e. The number of amides is 1. The molecule has 0 bridgehead atoms. The van der Waals surface area contributed by atoms with Crippen LogP contribution < -0.4 is 5.32 Å². The molecule has 502 valence electrons. The zero-order valence-corrected chi connectivity index (χ0v) is 57.6. The molecule has 3 N–H and O–H groups in total. The van der Waals surface area contributed by atoms with Gasteiger partial charge in [0.25, 0.3) is 0 Å². The van der Waals surface area contributed by atoms with E-state index in [0.717, 1.165) is 51.4 Å². The number of ether oxygens (including phenoxy) is 1. The number of hydrogen-bond donors (Lipinski definition) is 3. The van der Waals surface area contributed by atoms with Gasteiger partial charge in [-0.2, -0.15) is 0 Å². The number of carbonyl (C=O) groups is 2. The number of esters is 1. The zero-order chi connectivity index (χ0) is 61.3. The Morgan fingerprint density at radius 3 is 0.918 bits per heavy atom. The Labute approximate surface area is 532 Å². The lowest BCUT2D eigenvalue weighted by molar-refractivity contribution is -0.143. The van der Waals surface area contributed by atoms with E-state index in [9.17, 15) is 19.8 Å². The van der Waals surface area contributed by atoms with Crippen molar-refractivity contribution in [2.45, 2.75) is 443 Å². The molecule has 0 saturated heterocycles. The standard InChI is InChI=1S/C79H151NO5/c1-3-5-7-9-11-13-15-17-19-20-21-22-31-34-37-40-44-47-51-55-59-63-67-71-77(82)76(75-81)80-78(83)72-68-64-60-56-52-48-45-41-38-35-32-29-27-25-23-24-26-28-30-33-36-39-42-46-50-54-58-62-66-70-74-85-79(84)73-69-65-61-57-53-49-43-18-16-14-12-10-8-6-4-2/h12,14,18,43,67,71,76-77,81-82H,3-11,13,15-17,19-42,44-66,68-70,72-75H2,1-2H3,(H,80,83)/b14-12-,43-18-,71-67+. The monoisotopic (exact) mass is 1190 g/mol. The minimum atomic E-state index is -0.843. The van der Waals surface area contributed by atoms with Crippen molar-refractivity contribution in [2.24, 2.45) is 0 Å². The van der Waals surface area contributed by atoms with Crippen molar-refractivity contribution in [3.05, 3.63) is 36.5 Å². The molecule has 85 heavy (non-hydrogen) atoms. The van der Waals surface area contributed by atoms with Crippen molar-refractivity contribution >= 4 is 11.9 Å². The van der Waals surface area contributed by atoms with E-state index in [2.05, 4.69) is 43.5 Å². The summed E-state index contributed by atoms with van der Waals surface area (Å²) in [5.41, 5.74) is 0. The molecule has 0 aromatic heterocycles. The van der Waals surface area contributed by atoms with Crippen LogP contribution >= 0.6 is 0 Å². The van der Waals surface area contributed by atoms with Crippen LogP contribution in [0, 0.1) is 0 Å². The van der Waals surface area contributed by atoms with Crippen molar-refractivity contribution in [3.63, 3.8) is 0 Å². The van der Waals surface area contributed by atoms with Gasteiger partial charge in [0, 0.05) is 12.8 Å². The highest BCUT2D eigenvalue weighted by atomic mass is 16.5. The number of allylic oxidation sites excluding steroid dienone is 5. The summed E-state index contributed by atoms with van der Waals surface area (Å²) in [6.07, 6.45) is 96.8. The summed E-state index contributed by atoms with van der Waals surface area (Å²) in [7, 11) is 0. The fraction of sp³-hybridized carbons (Fsp3) is 0.899. The second-order valence-corrected chi connectivity index (χ2v) is 26.7. The van der Waals surface area contributed by atoms with Crippen LogP contribution in [0.5, 0.6) is 0 Å². The van der Waals surface area contributed by atoms with Crippen molar-refractivity contribution in [2.75, 3.05) is 13.2 Å². The normalized spacial score (nSPS) is 12.7. The van der Waals surface area contributed by atoms with Gasteiger partial charge < -0.3 is 20.3 Å². The molecule has 0 aliphatic carbocycles. The van der Waals surface area contributed by atoms with Gasteiger partial charge in [-0.05, 0) is 64.2 Å². The predicted molar refractivity (Wildman–Crippen MR) is 375 cm³/mol. The molecule has 0 aromatic rings. The average molecular weight is 1200 g/mol. The highest BCUT2D eigenvalue weighted by Gasteiger charge is 2.18. The van der Waals surface area contributed by atoms with Gasteiger partial charge in [0.2, 0.25) is 5.91 Å². The van der Waals surface area contributed by atoms with Crippen LogP contribution in [0.3, 0.4) is 0 Å². The first-order valence-electron chi connectivity index (χ1n) is 38.8. The highest BCUT2D eigenvalue weighted by molar-refractivity contribution is 5.76. The lowest BCUT2D eigenvalue weighted by Crippen LogP contribution is -2.45. The molecular formula is C79H151NO5. The SMILES string of the molecule is CCCCC/C=C\C/C=C\CCCCCCCC(=O)OCCCCCCCCCCCCCCCCCCCCCCCCCCCCCCCCC(=O)NC(CO)C(O)/C=C/CCCCCCCCCCCCCCCCCCCCCCC. The molecule has 0 rings (SSSR count). The second-order valence-electron chi connectivity index (χ2n) is 26.7. The molecule has 1 amide bonds. The lowest BCUT2D eigenvalue weighted by atomic mass is 10.0. The molecule has 0 aliphatic heterocycles. The maximum Gasteiger partial charge on any atom is 0.305 e. The molecule has 2 unspecified atom stereocenters. The van der Waals surface area contributed by atoms with E-state index in [1.807, 2.05) is 6.08 Å². The highest BCUT2D eigenvalue weighted by Crippen LogP contribution is 2.20. The largest absolute Gasteiger partial charge is 0.466 e. The predicted octanol–water partition coefficient (Wildman–Crippen LogP) is 25.4. The molecule has 0 aliphatic rings. The Morgan fingerprint density at radius 2 is 0.588 bits per heavy atom. The first kappa shape index (κ1) is 83.1. The van der Waals surface area contributed by atoms with E-state index in [1.54, 1.807) is 6.08 Å². The fourth-order valence-corrected chi connectivity index (χ4v) is 12.3. The second kappa shape index (κ2) is 74.5. The van der Waals surface area contributed by atoms with Gasteiger partial charge >= 0.3 is 5.97 Å². The molecule has 0 aromatic carbocycles. The van der Waals surface area contributed by atoms with Crippen LogP contribution in [-0.4, -0.2) is 47.4 Å². The van der Waals surface area contributed by atoms with Crippen molar-refractivity contribution in [1.29, 1.82) is 0 Å². The summed E-state index contributed by atoms with van der Waals surface area (Å²) in [4.78, 5) is 24.6. The van der Waals surface area contributed by atoms with Gasteiger partial charge in [0.1, 0.15) is 0 Å². The topological polar surface area (TPSA) is 95.9 Å². The Bertz CT molecular complexity index is 1380. The molecule has 0 fully saturated rings. The van der Waals surface area contributed by atoms with Crippen LogP contribution in [0.4, 0.5) is 0 Å². The van der Waals surface area contributed by atoms with Crippen LogP contribution in [-0.2, 0) is 14.3 Å². The summed E-state index contributed by atoms with van der Waals surface area (Å²) in [6.45, 7) is 4.92. The summed E-state index contributed by atoms with van der Waals surface area (Å²) in [6, 6.07) is -0.626. The molecule has 6 heteroatoms. The summed E-state index contributed by atoms with van der Waals surface area (Å²) in [5.74, 6) is -0.0531. The Hall–Kier alpha value is -1.92. The Morgan fingerprint density at radius 1 is 0.329 bits per heavy atom. The number of unbranched alkanes of at least 4 members (excludes halogenated alkanes) is 58. The quantitative estimate of drug-likeness (QED) is 0.0320. The molecule has 6 nitrogen and oxygen atoms in total. The number of nitrogens with one attached hydrogen (secondary N) is 1. The number of aliphatic hydroxyl groups is 2. The fourth-order valence-electron chi connectivity index (χ4n) is 12.3. The molecule has 0 radical (unpaired) electrons. The van der Waals surface area contributed by atoms with Crippen LogP contribution in [0.2, 0.25) is 0 Å². The number of hydrogen-bond acceptors (Lipinski definition) is 5. The Balaban J connectivity index is 3.37. The molecular weight excluding hydrogens is 1040 g/mol. The van der Waals surface area contributed by atoms with Gasteiger partial charge in [-0.25, -0.2) is 0 Å². The third-order valence-corrected chi connectivity index (χ3v) is 18.2. The van der Waals surface area contributed by atoms with Crippen LogP contribution in [0.1, 0.15) is 431 Å². The summed E-state index contributed by atoms with van der Waals surface area (Å²) in [5, 5.41) is 23.3. The maximum absolute atomic E-state index is 12.5. The zero-order valence-electron chi connectivity index (χ0n) is 57.6. The maximum atomic E-state index is 12.5. The van der Waals surface area contributed by atoms with E-state index >= 15 is 0 Å². The Kier molecular flexibility index (Phi) is 72.9. The van der Waals surface area contributed by atoms with Gasteiger partial charge in [-0.1, -0.05) is 391 Å².